The molecule has 3 aromatic rings. The van der Waals surface area contributed by atoms with Crippen LogP contribution < -0.4 is 5.73 Å². The van der Waals surface area contributed by atoms with Crippen LogP contribution in [0.15, 0.2) is 40.2 Å². The van der Waals surface area contributed by atoms with Gasteiger partial charge >= 0.3 is 0 Å². The number of fused-ring (bicyclic) bond motifs is 1. The monoisotopic (exact) mass is 368 g/mol. The van der Waals surface area contributed by atoms with Gasteiger partial charge < -0.3 is 15.2 Å². The van der Waals surface area contributed by atoms with Crippen molar-refractivity contribution in [1.29, 1.82) is 0 Å². The molecule has 2 N–H and O–H groups in total. The van der Waals surface area contributed by atoms with Crippen molar-refractivity contribution in [3.8, 4) is 11.4 Å². The first kappa shape index (κ1) is 16.9. The van der Waals surface area contributed by atoms with Gasteiger partial charge in [-0.15, -0.1) is 11.3 Å². The summed E-state index contributed by atoms with van der Waals surface area (Å²) in [5, 5.41) is 6.11. The summed E-state index contributed by atoms with van der Waals surface area (Å²) in [7, 11) is 0. The molecule has 4 rings (SSSR count). The first-order valence-corrected chi connectivity index (χ1v) is 9.56. The minimum absolute atomic E-state index is 0.133. The lowest BCUT2D eigenvalue weighted by atomic mass is 10.1. The molecule has 1 aromatic carbocycles. The summed E-state index contributed by atoms with van der Waals surface area (Å²) < 4.78 is 5.30. The van der Waals surface area contributed by atoms with Crippen molar-refractivity contribution in [2.45, 2.75) is 32.4 Å². The van der Waals surface area contributed by atoms with Crippen LogP contribution in [0.3, 0.4) is 0 Å². The topological polar surface area (TPSA) is 85.2 Å². The van der Waals surface area contributed by atoms with Gasteiger partial charge in [0.2, 0.25) is 17.6 Å². The van der Waals surface area contributed by atoms with E-state index >= 15 is 0 Å². The molecule has 7 heteroatoms. The maximum atomic E-state index is 12.5. The predicted molar refractivity (Wildman–Crippen MR) is 99.4 cm³/mol. The number of nitrogens with two attached hydrogens (primary N) is 1. The Hall–Kier alpha value is -2.51. The Labute approximate surface area is 155 Å². The van der Waals surface area contributed by atoms with E-state index in [0.717, 1.165) is 24.1 Å². The highest BCUT2D eigenvalue weighted by atomic mass is 32.1. The second-order valence-electron chi connectivity index (χ2n) is 6.35. The van der Waals surface area contributed by atoms with E-state index in [1.807, 2.05) is 29.2 Å². The van der Waals surface area contributed by atoms with E-state index in [0.29, 0.717) is 37.6 Å². The van der Waals surface area contributed by atoms with Gasteiger partial charge in [0, 0.05) is 42.9 Å². The Morgan fingerprint density at radius 1 is 1.27 bits per heavy atom. The zero-order valence-electron chi connectivity index (χ0n) is 14.4. The van der Waals surface area contributed by atoms with E-state index in [1.165, 1.54) is 10.4 Å². The summed E-state index contributed by atoms with van der Waals surface area (Å²) in [4.78, 5) is 20.2. The number of rotatable bonds is 5. The molecule has 0 fully saturated rings. The molecule has 0 radical (unpaired) electrons. The molecule has 0 bridgehead atoms. The lowest BCUT2D eigenvalue weighted by molar-refractivity contribution is -0.132. The maximum Gasteiger partial charge on any atom is 0.227 e. The summed E-state index contributed by atoms with van der Waals surface area (Å²) >= 11 is 1.77. The molecule has 1 aliphatic heterocycles. The number of amides is 1. The highest BCUT2D eigenvalue weighted by Gasteiger charge is 2.21. The lowest BCUT2D eigenvalue weighted by Crippen LogP contribution is -2.35. The third kappa shape index (κ3) is 3.54. The molecular weight excluding hydrogens is 348 g/mol. The lowest BCUT2D eigenvalue weighted by Gasteiger charge is -2.26. The molecule has 0 saturated heterocycles. The average Bonchev–Trinajstić information content (AvgIpc) is 3.35. The molecule has 1 aliphatic rings. The van der Waals surface area contributed by atoms with Crippen LogP contribution >= 0.6 is 11.3 Å². The van der Waals surface area contributed by atoms with Gasteiger partial charge in [0.05, 0.1) is 0 Å². The summed E-state index contributed by atoms with van der Waals surface area (Å²) in [6.07, 6.45) is 1.79. The van der Waals surface area contributed by atoms with Gasteiger partial charge in [-0.1, -0.05) is 29.4 Å². The third-order valence-electron chi connectivity index (χ3n) is 4.63. The van der Waals surface area contributed by atoms with Gasteiger partial charge in [-0.2, -0.15) is 4.98 Å². The molecule has 0 unspecified atom stereocenters. The average molecular weight is 368 g/mol. The zero-order valence-corrected chi connectivity index (χ0v) is 15.2. The Morgan fingerprint density at radius 3 is 2.92 bits per heavy atom. The van der Waals surface area contributed by atoms with Crippen molar-refractivity contribution in [3.63, 3.8) is 0 Å². The molecule has 0 atom stereocenters. The zero-order chi connectivity index (χ0) is 17.9. The first-order valence-electron chi connectivity index (χ1n) is 8.68. The largest absolute Gasteiger partial charge is 0.339 e. The predicted octanol–water partition coefficient (Wildman–Crippen LogP) is 2.77. The molecule has 6 nitrogen and oxygen atoms in total. The minimum atomic E-state index is 0.133. The van der Waals surface area contributed by atoms with Crippen molar-refractivity contribution in [1.82, 2.24) is 15.0 Å². The maximum absolute atomic E-state index is 12.5. The Kier molecular flexibility index (Phi) is 4.81. The molecule has 3 heterocycles. The highest BCUT2D eigenvalue weighted by molar-refractivity contribution is 7.10. The van der Waals surface area contributed by atoms with Crippen LogP contribution in [0.4, 0.5) is 0 Å². The SMILES string of the molecule is NCc1ccc(-c2noc(CCC(=O)N3CCc4sccc4C3)n2)cc1. The van der Waals surface area contributed by atoms with Gasteiger partial charge in [-0.25, -0.2) is 0 Å². The second-order valence-corrected chi connectivity index (χ2v) is 7.35. The molecule has 26 heavy (non-hydrogen) atoms. The van der Waals surface area contributed by atoms with Crippen LogP contribution in [-0.2, 0) is 30.7 Å². The van der Waals surface area contributed by atoms with Gasteiger partial charge in [-0.3, -0.25) is 4.79 Å². The minimum Gasteiger partial charge on any atom is -0.339 e. The standard InChI is InChI=1S/C19H20N4O2S/c20-11-13-1-3-14(4-2-13)19-21-17(25-22-19)5-6-18(24)23-9-7-16-15(12-23)8-10-26-16/h1-4,8,10H,5-7,9,11-12,20H2. The number of aromatic nitrogens is 2. The molecule has 0 aliphatic carbocycles. The number of thiophene rings is 1. The molecular formula is C19H20N4O2S. The van der Waals surface area contributed by atoms with E-state index < -0.39 is 0 Å². The van der Waals surface area contributed by atoms with Gasteiger partial charge in [0.1, 0.15) is 0 Å². The van der Waals surface area contributed by atoms with E-state index in [1.54, 1.807) is 11.3 Å². The van der Waals surface area contributed by atoms with Crippen molar-refractivity contribution >= 4 is 17.2 Å². The number of benzene rings is 1. The normalized spacial score (nSPS) is 13.7. The van der Waals surface area contributed by atoms with Crippen LogP contribution in [0, 0.1) is 0 Å². The van der Waals surface area contributed by atoms with Crippen molar-refractivity contribution in [2.24, 2.45) is 5.73 Å². The summed E-state index contributed by atoms with van der Waals surface area (Å²) in [6, 6.07) is 9.86. The molecule has 0 saturated carbocycles. The smallest absolute Gasteiger partial charge is 0.227 e. The number of nitrogens with zero attached hydrogens (tertiary/aromatic N) is 3. The first-order chi connectivity index (χ1) is 12.7. The number of hydrogen-bond donors (Lipinski definition) is 1. The molecule has 1 amide bonds. The quantitative estimate of drug-likeness (QED) is 0.748. The Morgan fingerprint density at radius 2 is 2.12 bits per heavy atom. The van der Waals surface area contributed by atoms with E-state index in [4.69, 9.17) is 10.3 Å². The second kappa shape index (κ2) is 7.39. The Bertz CT molecular complexity index is 900. The number of carbonyl (C=O) groups excluding carboxylic acids is 1. The van der Waals surface area contributed by atoms with Gasteiger partial charge in [0.25, 0.3) is 0 Å². The summed E-state index contributed by atoms with van der Waals surface area (Å²) in [6.45, 7) is 2.00. The van der Waals surface area contributed by atoms with Crippen molar-refractivity contribution < 1.29 is 9.32 Å². The molecule has 134 valence electrons. The fourth-order valence-corrected chi connectivity index (χ4v) is 3.99. The number of hydrogen-bond acceptors (Lipinski definition) is 6. The van der Waals surface area contributed by atoms with Gasteiger partial charge in [0.15, 0.2) is 0 Å². The third-order valence-corrected chi connectivity index (χ3v) is 5.65. The fourth-order valence-electron chi connectivity index (χ4n) is 3.10. The van der Waals surface area contributed by atoms with Gasteiger partial charge in [-0.05, 0) is 29.0 Å². The fraction of sp³-hybridized carbons (Fsp3) is 0.316. The van der Waals surface area contributed by atoms with E-state index in [9.17, 15) is 4.79 Å². The van der Waals surface area contributed by atoms with Crippen molar-refractivity contribution in [2.75, 3.05) is 6.54 Å². The van der Waals surface area contributed by atoms with Crippen molar-refractivity contribution in [3.05, 3.63) is 57.6 Å². The van der Waals surface area contributed by atoms with Crippen LogP contribution in [0.25, 0.3) is 11.4 Å². The number of aryl methyl sites for hydroxylation is 1. The van der Waals surface area contributed by atoms with Crippen LogP contribution in [-0.4, -0.2) is 27.5 Å². The summed E-state index contributed by atoms with van der Waals surface area (Å²) in [5.74, 6) is 1.16. The molecule has 2 aromatic heterocycles. The summed E-state index contributed by atoms with van der Waals surface area (Å²) in [5.41, 5.74) is 8.81. The molecule has 0 spiro atoms. The Balaban J connectivity index is 1.35. The number of carbonyl (C=O) groups is 1. The van der Waals surface area contributed by atoms with Crippen LogP contribution in [0.2, 0.25) is 0 Å². The van der Waals surface area contributed by atoms with Crippen LogP contribution in [0.1, 0.15) is 28.3 Å². The highest BCUT2D eigenvalue weighted by Crippen LogP contribution is 2.24. The van der Waals surface area contributed by atoms with E-state index in [-0.39, 0.29) is 5.91 Å². The van der Waals surface area contributed by atoms with Crippen LogP contribution in [0.5, 0.6) is 0 Å². The van der Waals surface area contributed by atoms with E-state index in [2.05, 4.69) is 21.6 Å².